The molecule has 0 aliphatic carbocycles. The number of carboxylic acids is 1. The lowest BCUT2D eigenvalue weighted by Crippen LogP contribution is -2.39. The third kappa shape index (κ3) is 3.96. The minimum atomic E-state index is -0.699. The number of aliphatic carboxylic acids is 1. The van der Waals surface area contributed by atoms with Gasteiger partial charge in [-0.05, 0) is 66.7 Å². The Morgan fingerprint density at radius 2 is 1.70 bits per heavy atom. The molecule has 1 aromatic heterocycles. The van der Waals surface area contributed by atoms with Crippen LogP contribution < -0.4 is 9.47 Å². The molecular formula is C24H26N2O4. The van der Waals surface area contributed by atoms with Crippen molar-refractivity contribution in [2.75, 3.05) is 27.3 Å². The molecule has 1 fully saturated rings. The minimum Gasteiger partial charge on any atom is -0.493 e. The van der Waals surface area contributed by atoms with Crippen LogP contribution in [0.15, 0.2) is 54.9 Å². The first kappa shape index (κ1) is 20.2. The highest BCUT2D eigenvalue weighted by atomic mass is 16.5. The number of aromatic nitrogens is 1. The van der Waals surface area contributed by atoms with Gasteiger partial charge in [-0.3, -0.25) is 14.7 Å². The van der Waals surface area contributed by atoms with Crippen LogP contribution in [0.3, 0.4) is 0 Å². The molecule has 1 saturated heterocycles. The topological polar surface area (TPSA) is 71.9 Å². The Morgan fingerprint density at radius 3 is 2.40 bits per heavy atom. The van der Waals surface area contributed by atoms with Crippen molar-refractivity contribution in [2.24, 2.45) is 5.92 Å². The van der Waals surface area contributed by atoms with Crippen LogP contribution in [0.25, 0.3) is 10.8 Å². The van der Waals surface area contributed by atoms with Crippen LogP contribution in [0.1, 0.15) is 30.0 Å². The molecule has 6 heteroatoms. The number of carboxylic acid groups (broad SMARTS) is 1. The number of nitrogens with zero attached hydrogens (tertiary/aromatic N) is 2. The highest BCUT2D eigenvalue weighted by Gasteiger charge is 2.30. The third-order valence-corrected chi connectivity index (χ3v) is 5.95. The van der Waals surface area contributed by atoms with Crippen LogP contribution in [0.5, 0.6) is 11.5 Å². The number of benzene rings is 2. The number of carbonyl (C=O) groups is 1. The quantitative estimate of drug-likeness (QED) is 0.663. The fraction of sp³-hybridized carbons (Fsp3) is 0.333. The Bertz CT molecular complexity index is 1040. The van der Waals surface area contributed by atoms with Gasteiger partial charge in [-0.25, -0.2) is 0 Å². The van der Waals surface area contributed by atoms with Gasteiger partial charge in [-0.1, -0.05) is 18.2 Å². The van der Waals surface area contributed by atoms with Crippen LogP contribution in [-0.2, 0) is 4.79 Å². The number of pyridine rings is 1. The second kappa shape index (κ2) is 8.71. The van der Waals surface area contributed by atoms with Crippen molar-refractivity contribution in [3.05, 3.63) is 66.0 Å². The summed E-state index contributed by atoms with van der Waals surface area (Å²) in [6.45, 7) is 1.45. The molecule has 1 aliphatic rings. The smallest absolute Gasteiger partial charge is 0.306 e. The Morgan fingerprint density at radius 1 is 1.00 bits per heavy atom. The van der Waals surface area contributed by atoms with E-state index in [1.54, 1.807) is 20.4 Å². The summed E-state index contributed by atoms with van der Waals surface area (Å²) in [7, 11) is 3.26. The number of likely N-dealkylation sites (tertiary alicyclic amines) is 1. The van der Waals surface area contributed by atoms with Crippen molar-refractivity contribution < 1.29 is 19.4 Å². The van der Waals surface area contributed by atoms with Gasteiger partial charge in [0.15, 0.2) is 11.5 Å². The Balaban J connectivity index is 1.75. The van der Waals surface area contributed by atoms with E-state index in [1.165, 1.54) is 0 Å². The van der Waals surface area contributed by atoms with E-state index >= 15 is 0 Å². The van der Waals surface area contributed by atoms with Crippen molar-refractivity contribution in [2.45, 2.75) is 18.9 Å². The molecule has 1 N–H and O–H groups in total. The van der Waals surface area contributed by atoms with Gasteiger partial charge in [-0.2, -0.15) is 0 Å². The molecule has 156 valence electrons. The summed E-state index contributed by atoms with van der Waals surface area (Å²) in [5.41, 5.74) is 2.25. The van der Waals surface area contributed by atoms with Crippen LogP contribution in [0.4, 0.5) is 0 Å². The predicted octanol–water partition coefficient (Wildman–Crippen LogP) is 4.14. The van der Waals surface area contributed by atoms with Crippen molar-refractivity contribution in [1.82, 2.24) is 9.88 Å². The summed E-state index contributed by atoms with van der Waals surface area (Å²) in [5, 5.41) is 11.6. The molecule has 0 amide bonds. The van der Waals surface area contributed by atoms with Gasteiger partial charge < -0.3 is 14.6 Å². The average Bonchev–Trinajstić information content (AvgIpc) is 2.79. The van der Waals surface area contributed by atoms with Crippen molar-refractivity contribution in [3.8, 4) is 11.5 Å². The predicted molar refractivity (Wildman–Crippen MR) is 115 cm³/mol. The molecule has 0 radical (unpaired) electrons. The summed E-state index contributed by atoms with van der Waals surface area (Å²) in [6, 6.07) is 14.4. The summed E-state index contributed by atoms with van der Waals surface area (Å²) in [6.07, 6.45) is 4.96. The average molecular weight is 406 g/mol. The van der Waals surface area contributed by atoms with Crippen LogP contribution in [0, 0.1) is 5.92 Å². The zero-order valence-corrected chi connectivity index (χ0v) is 17.2. The lowest BCUT2D eigenvalue weighted by Gasteiger charge is -2.37. The molecule has 0 saturated carbocycles. The standard InChI is InChI=1S/C24H26N2O4/c1-29-21-6-5-19(14-22(21)30-2)23(26-11-8-16(9-12-26)24(27)28)18-3-4-20-15-25-10-7-17(20)13-18/h3-7,10,13-16,23H,8-9,11-12H2,1-2H3,(H,27,28). The summed E-state index contributed by atoms with van der Waals surface area (Å²) < 4.78 is 10.9. The zero-order chi connectivity index (χ0) is 21.1. The molecule has 3 aromatic rings. The molecule has 0 bridgehead atoms. The van der Waals surface area contributed by atoms with Gasteiger partial charge in [0.05, 0.1) is 26.2 Å². The SMILES string of the molecule is COc1ccc(C(c2ccc3cnccc3c2)N2CCC(C(=O)O)CC2)cc1OC. The molecule has 30 heavy (non-hydrogen) atoms. The Kier molecular flexibility index (Phi) is 5.86. The molecule has 1 aliphatic heterocycles. The molecular weight excluding hydrogens is 380 g/mol. The molecule has 4 rings (SSSR count). The molecule has 1 unspecified atom stereocenters. The zero-order valence-electron chi connectivity index (χ0n) is 17.2. The number of ether oxygens (including phenoxy) is 2. The lowest BCUT2D eigenvalue weighted by molar-refractivity contribution is -0.143. The van der Waals surface area contributed by atoms with E-state index in [2.05, 4.69) is 34.1 Å². The van der Waals surface area contributed by atoms with E-state index < -0.39 is 5.97 Å². The summed E-state index contributed by atoms with van der Waals surface area (Å²) in [5.74, 6) is 0.407. The van der Waals surface area contributed by atoms with E-state index in [4.69, 9.17) is 9.47 Å². The fourth-order valence-electron chi connectivity index (χ4n) is 4.31. The summed E-state index contributed by atoms with van der Waals surface area (Å²) >= 11 is 0. The maximum atomic E-state index is 11.4. The first-order valence-corrected chi connectivity index (χ1v) is 10.1. The second-order valence-electron chi connectivity index (χ2n) is 7.65. The van der Waals surface area contributed by atoms with Crippen molar-refractivity contribution in [3.63, 3.8) is 0 Å². The van der Waals surface area contributed by atoms with Gasteiger partial charge >= 0.3 is 5.97 Å². The Hall–Kier alpha value is -3.12. The highest BCUT2D eigenvalue weighted by molar-refractivity contribution is 5.82. The Labute approximate surface area is 176 Å². The van der Waals surface area contributed by atoms with Gasteiger partial charge in [0.25, 0.3) is 0 Å². The number of piperidine rings is 1. The van der Waals surface area contributed by atoms with E-state index in [0.717, 1.165) is 35.0 Å². The maximum absolute atomic E-state index is 11.4. The number of hydrogen-bond acceptors (Lipinski definition) is 5. The van der Waals surface area contributed by atoms with Gasteiger partial charge in [0.2, 0.25) is 0 Å². The molecule has 1 atom stereocenters. The normalized spacial score (nSPS) is 16.3. The van der Waals surface area contributed by atoms with E-state index in [9.17, 15) is 9.90 Å². The minimum absolute atomic E-state index is 0.00267. The molecule has 6 nitrogen and oxygen atoms in total. The van der Waals surface area contributed by atoms with E-state index in [-0.39, 0.29) is 12.0 Å². The lowest BCUT2D eigenvalue weighted by atomic mass is 9.90. The number of rotatable bonds is 6. The van der Waals surface area contributed by atoms with Crippen LogP contribution in [0.2, 0.25) is 0 Å². The van der Waals surface area contributed by atoms with E-state index in [0.29, 0.717) is 24.3 Å². The first-order chi connectivity index (χ1) is 14.6. The summed E-state index contributed by atoms with van der Waals surface area (Å²) in [4.78, 5) is 18.0. The maximum Gasteiger partial charge on any atom is 0.306 e. The largest absolute Gasteiger partial charge is 0.493 e. The monoisotopic (exact) mass is 406 g/mol. The number of fused-ring (bicyclic) bond motifs is 1. The van der Waals surface area contributed by atoms with Crippen molar-refractivity contribution in [1.29, 1.82) is 0 Å². The molecule has 0 spiro atoms. The molecule has 2 heterocycles. The van der Waals surface area contributed by atoms with Gasteiger partial charge in [0.1, 0.15) is 0 Å². The highest BCUT2D eigenvalue weighted by Crippen LogP contribution is 2.37. The first-order valence-electron chi connectivity index (χ1n) is 10.1. The van der Waals surface area contributed by atoms with Crippen LogP contribution in [-0.4, -0.2) is 48.3 Å². The number of hydrogen-bond donors (Lipinski definition) is 1. The second-order valence-corrected chi connectivity index (χ2v) is 7.65. The van der Waals surface area contributed by atoms with Gasteiger partial charge in [0, 0.05) is 17.8 Å². The van der Waals surface area contributed by atoms with Crippen LogP contribution >= 0.6 is 0 Å². The fourth-order valence-corrected chi connectivity index (χ4v) is 4.31. The number of methoxy groups -OCH3 is 2. The molecule has 2 aromatic carbocycles. The van der Waals surface area contributed by atoms with E-state index in [1.807, 2.05) is 24.4 Å². The van der Waals surface area contributed by atoms with Gasteiger partial charge in [-0.15, -0.1) is 0 Å². The third-order valence-electron chi connectivity index (χ3n) is 5.95. The van der Waals surface area contributed by atoms with Crippen molar-refractivity contribution >= 4 is 16.7 Å².